The Labute approximate surface area is 215 Å². The van der Waals surface area contributed by atoms with Crippen LogP contribution in [-0.2, 0) is 19.6 Å². The van der Waals surface area contributed by atoms with Gasteiger partial charge in [-0.15, -0.1) is 4.40 Å². The van der Waals surface area contributed by atoms with Crippen molar-refractivity contribution in [3.8, 4) is 5.75 Å². The Morgan fingerprint density at radius 3 is 2.42 bits per heavy atom. The molecule has 1 heterocycles. The first-order valence-corrected chi connectivity index (χ1v) is 14.2. The molecule has 0 saturated carbocycles. The third-order valence-corrected chi connectivity index (χ3v) is 7.99. The third kappa shape index (κ3) is 7.54. The number of sulfonamides is 1. The molecule has 1 unspecified atom stereocenters. The highest BCUT2D eigenvalue weighted by molar-refractivity contribution is 8.16. The number of thioether (sulfide) groups is 1. The SMILES string of the molecule is CCCCCCOc1ccc(NC(=O)CC2S/C(=N/S(=O)(=O)c3ccc(F)cc3)N(CC)C2=O)cc1. The molecule has 36 heavy (non-hydrogen) atoms. The molecule has 0 radical (unpaired) electrons. The van der Waals surface area contributed by atoms with Gasteiger partial charge in [-0.25, -0.2) is 4.39 Å². The van der Waals surface area contributed by atoms with Crippen molar-refractivity contribution in [1.29, 1.82) is 0 Å². The number of carbonyl (C=O) groups is 2. The van der Waals surface area contributed by atoms with E-state index in [2.05, 4.69) is 16.6 Å². The maximum Gasteiger partial charge on any atom is 0.284 e. The van der Waals surface area contributed by atoms with Gasteiger partial charge in [0.2, 0.25) is 11.8 Å². The lowest BCUT2D eigenvalue weighted by atomic mass is 10.2. The number of amides is 2. The molecule has 2 aromatic rings. The van der Waals surface area contributed by atoms with Crippen molar-refractivity contribution in [2.75, 3.05) is 18.5 Å². The molecule has 1 fully saturated rings. The van der Waals surface area contributed by atoms with Gasteiger partial charge in [0.1, 0.15) is 16.8 Å². The van der Waals surface area contributed by atoms with E-state index in [9.17, 15) is 22.4 Å². The minimum Gasteiger partial charge on any atom is -0.494 e. The average molecular weight is 536 g/mol. The molecule has 1 aliphatic rings. The number of benzene rings is 2. The van der Waals surface area contributed by atoms with Crippen molar-refractivity contribution >= 4 is 44.5 Å². The maximum absolute atomic E-state index is 13.2. The summed E-state index contributed by atoms with van der Waals surface area (Å²) in [6.07, 6.45) is 4.32. The van der Waals surface area contributed by atoms with E-state index in [1.165, 1.54) is 17.7 Å². The molecule has 0 aliphatic carbocycles. The fraction of sp³-hybridized carbons (Fsp3) is 0.400. The van der Waals surface area contributed by atoms with E-state index in [0.717, 1.165) is 48.9 Å². The first kappa shape index (κ1) is 27.7. The van der Waals surface area contributed by atoms with E-state index < -0.39 is 27.0 Å². The number of amidine groups is 1. The fourth-order valence-corrected chi connectivity index (χ4v) is 5.92. The predicted octanol–water partition coefficient (Wildman–Crippen LogP) is 4.82. The van der Waals surface area contributed by atoms with Crippen molar-refractivity contribution in [2.45, 2.75) is 56.1 Å². The highest BCUT2D eigenvalue weighted by Gasteiger charge is 2.39. The molecule has 0 bridgehead atoms. The Hall–Kier alpha value is -2.92. The van der Waals surface area contributed by atoms with Crippen LogP contribution in [-0.4, -0.2) is 48.7 Å². The molecule has 0 aromatic heterocycles. The van der Waals surface area contributed by atoms with Gasteiger partial charge in [-0.05, 0) is 61.9 Å². The topological polar surface area (TPSA) is 105 Å². The number of nitrogens with zero attached hydrogens (tertiary/aromatic N) is 2. The van der Waals surface area contributed by atoms with Gasteiger partial charge < -0.3 is 10.1 Å². The van der Waals surface area contributed by atoms with Crippen LogP contribution in [0.2, 0.25) is 0 Å². The van der Waals surface area contributed by atoms with Crippen LogP contribution in [0.1, 0.15) is 46.0 Å². The lowest BCUT2D eigenvalue weighted by Crippen LogP contribution is -2.33. The number of hydrogen-bond acceptors (Lipinski definition) is 6. The zero-order valence-corrected chi connectivity index (χ0v) is 21.9. The monoisotopic (exact) mass is 535 g/mol. The molecule has 2 amide bonds. The van der Waals surface area contributed by atoms with Gasteiger partial charge in [-0.3, -0.25) is 14.5 Å². The van der Waals surface area contributed by atoms with Crippen LogP contribution in [0, 0.1) is 5.82 Å². The number of carbonyl (C=O) groups excluding carboxylic acids is 2. The van der Waals surface area contributed by atoms with Crippen molar-refractivity contribution < 1.29 is 27.1 Å². The van der Waals surface area contributed by atoms with Gasteiger partial charge in [0.25, 0.3) is 10.0 Å². The predicted molar refractivity (Wildman–Crippen MR) is 139 cm³/mol. The van der Waals surface area contributed by atoms with Gasteiger partial charge in [-0.1, -0.05) is 37.9 Å². The average Bonchev–Trinajstić information content (AvgIpc) is 3.13. The molecule has 194 valence electrons. The van der Waals surface area contributed by atoms with Crippen molar-refractivity contribution in [1.82, 2.24) is 4.90 Å². The van der Waals surface area contributed by atoms with E-state index in [4.69, 9.17) is 4.74 Å². The Balaban J connectivity index is 1.59. The molecule has 1 N–H and O–H groups in total. The molecular formula is C25H30FN3O5S2. The molecule has 8 nitrogen and oxygen atoms in total. The number of unbranched alkanes of at least 4 members (excludes halogenated alkanes) is 3. The zero-order valence-electron chi connectivity index (χ0n) is 20.3. The second-order valence-corrected chi connectivity index (χ2v) is 11.0. The molecule has 2 aromatic carbocycles. The van der Waals surface area contributed by atoms with Gasteiger partial charge in [-0.2, -0.15) is 8.42 Å². The number of rotatable bonds is 12. The summed E-state index contributed by atoms with van der Waals surface area (Å²) in [5, 5.41) is 1.94. The Morgan fingerprint density at radius 2 is 1.78 bits per heavy atom. The van der Waals surface area contributed by atoms with Crippen molar-refractivity contribution in [3.05, 3.63) is 54.3 Å². The minimum absolute atomic E-state index is 0.00920. The number of ether oxygens (including phenoxy) is 1. The Bertz CT molecular complexity index is 1190. The summed E-state index contributed by atoms with van der Waals surface area (Å²) in [5.41, 5.74) is 0.564. The lowest BCUT2D eigenvalue weighted by Gasteiger charge is -2.13. The van der Waals surface area contributed by atoms with Gasteiger partial charge in [0, 0.05) is 18.7 Å². The number of hydrogen-bond donors (Lipinski definition) is 1. The lowest BCUT2D eigenvalue weighted by molar-refractivity contribution is -0.128. The number of halogens is 1. The summed E-state index contributed by atoms with van der Waals surface area (Å²) in [6, 6.07) is 11.3. The van der Waals surface area contributed by atoms with Crippen LogP contribution in [0.15, 0.2) is 57.8 Å². The van der Waals surface area contributed by atoms with Crippen LogP contribution in [0.4, 0.5) is 10.1 Å². The summed E-state index contributed by atoms with van der Waals surface area (Å²) in [5.74, 6) is -0.629. The molecule has 1 aliphatic heterocycles. The van der Waals surface area contributed by atoms with E-state index in [1.807, 2.05) is 0 Å². The Kier molecular flexibility index (Phi) is 9.89. The van der Waals surface area contributed by atoms with Crippen molar-refractivity contribution in [3.63, 3.8) is 0 Å². The first-order valence-electron chi connectivity index (χ1n) is 11.8. The quantitative estimate of drug-likeness (QED) is 0.391. The smallest absolute Gasteiger partial charge is 0.284 e. The van der Waals surface area contributed by atoms with Crippen molar-refractivity contribution in [2.24, 2.45) is 4.40 Å². The van der Waals surface area contributed by atoms with Crippen LogP contribution >= 0.6 is 11.8 Å². The minimum atomic E-state index is -4.15. The third-order valence-electron chi connectivity index (χ3n) is 5.42. The normalized spacial score (nSPS) is 17.0. The second kappa shape index (κ2) is 12.9. The molecule has 0 spiro atoms. The van der Waals surface area contributed by atoms with E-state index in [0.29, 0.717) is 18.0 Å². The van der Waals surface area contributed by atoms with E-state index in [-0.39, 0.29) is 28.9 Å². The highest BCUT2D eigenvalue weighted by Crippen LogP contribution is 2.31. The molecule has 3 rings (SSSR count). The van der Waals surface area contributed by atoms with Gasteiger partial charge in [0.15, 0.2) is 5.17 Å². The molecule has 1 saturated heterocycles. The molecule has 1 atom stereocenters. The van der Waals surface area contributed by atoms with Crippen LogP contribution in [0.3, 0.4) is 0 Å². The van der Waals surface area contributed by atoms with Crippen LogP contribution in [0.25, 0.3) is 0 Å². The Morgan fingerprint density at radius 1 is 1.08 bits per heavy atom. The summed E-state index contributed by atoms with van der Waals surface area (Å²) in [7, 11) is -4.15. The number of nitrogens with one attached hydrogen (secondary N) is 1. The van der Waals surface area contributed by atoms with Crippen LogP contribution in [0.5, 0.6) is 5.75 Å². The van der Waals surface area contributed by atoms with E-state index in [1.54, 1.807) is 31.2 Å². The second-order valence-electron chi connectivity index (χ2n) is 8.18. The highest BCUT2D eigenvalue weighted by atomic mass is 32.2. The summed E-state index contributed by atoms with van der Waals surface area (Å²) in [6.45, 7) is 4.68. The largest absolute Gasteiger partial charge is 0.494 e. The number of anilines is 1. The fourth-order valence-electron chi connectivity index (χ4n) is 3.50. The standard InChI is InChI=1S/C25H30FN3O5S2/c1-3-5-6-7-16-34-20-12-10-19(11-13-20)27-23(30)17-22-24(31)29(4-2)25(35-22)28-36(32,33)21-14-8-18(26)9-15-21/h8-15,22H,3-7,16-17H2,1-2H3,(H,27,30)/b28-25+. The van der Waals surface area contributed by atoms with E-state index >= 15 is 0 Å². The molecule has 11 heteroatoms. The van der Waals surface area contributed by atoms with Gasteiger partial charge >= 0.3 is 0 Å². The summed E-state index contributed by atoms with van der Waals surface area (Å²) >= 11 is 0.924. The summed E-state index contributed by atoms with van der Waals surface area (Å²) < 4.78 is 47.9. The maximum atomic E-state index is 13.2. The molecular weight excluding hydrogens is 505 g/mol. The first-order chi connectivity index (χ1) is 17.2. The summed E-state index contributed by atoms with van der Waals surface area (Å²) in [4.78, 5) is 26.4. The zero-order chi connectivity index (χ0) is 26.1. The van der Waals surface area contributed by atoms with Crippen LogP contribution < -0.4 is 10.1 Å². The van der Waals surface area contributed by atoms with Gasteiger partial charge in [0.05, 0.1) is 11.5 Å².